The summed E-state index contributed by atoms with van der Waals surface area (Å²) in [5, 5.41) is 15.9. The molecule has 0 aromatic heterocycles. The molecule has 0 aliphatic heterocycles. The van der Waals surface area contributed by atoms with Gasteiger partial charge in [0.2, 0.25) is 5.78 Å². The van der Waals surface area contributed by atoms with E-state index in [4.69, 9.17) is 15.9 Å². The molecule has 0 bridgehead atoms. The maximum absolute atomic E-state index is 10.1. The number of hydrogen-bond donors (Lipinski definition) is 3. The van der Waals surface area contributed by atoms with Crippen molar-refractivity contribution in [2.24, 2.45) is 5.73 Å². The lowest BCUT2D eigenvalue weighted by Gasteiger charge is -2.02. The van der Waals surface area contributed by atoms with Crippen LogP contribution in [-0.2, 0) is 14.4 Å². The Kier molecular flexibility index (Phi) is 10.3. The summed E-state index contributed by atoms with van der Waals surface area (Å²) in [6.45, 7) is 1.00. The molecule has 0 saturated heterocycles. The minimum absolute atomic E-state index is 0.552. The van der Waals surface area contributed by atoms with E-state index >= 15 is 0 Å². The number of rotatable bonds is 5. The van der Waals surface area contributed by atoms with Crippen molar-refractivity contribution in [1.29, 1.82) is 0 Å². The third-order valence-corrected chi connectivity index (χ3v) is 1.90. The molecule has 0 aliphatic rings. The average molecular weight is 237 g/mol. The van der Waals surface area contributed by atoms with E-state index in [0.717, 1.165) is 12.7 Å². The first-order valence-electron chi connectivity index (χ1n) is 4.04. The van der Waals surface area contributed by atoms with E-state index in [9.17, 15) is 14.4 Å². The molecule has 15 heavy (non-hydrogen) atoms. The number of carboxylic acid groups (broad SMARTS) is 2. The number of thioether (sulfide) groups is 1. The Morgan fingerprint density at radius 1 is 1.33 bits per heavy atom. The standard InChI is InChI=1S/C5H11NO2S.C3H4O3/c1-9-3-2-4(6)5(7)8;1-2(4)3(5)6/h4H,2-3,6H2,1H3,(H,7,8);1H3,(H,5,6)/t4-;/m1./s1. The molecular formula is C8H15NO5S. The van der Waals surface area contributed by atoms with E-state index in [0.29, 0.717) is 6.42 Å². The number of hydrogen-bond acceptors (Lipinski definition) is 5. The summed E-state index contributed by atoms with van der Waals surface area (Å²) in [5.74, 6) is -2.30. The van der Waals surface area contributed by atoms with Crippen LogP contribution in [0, 0.1) is 0 Å². The second-order valence-electron chi connectivity index (χ2n) is 2.59. The van der Waals surface area contributed by atoms with Gasteiger partial charge in [-0.1, -0.05) is 0 Å². The van der Waals surface area contributed by atoms with Crippen molar-refractivity contribution < 1.29 is 24.6 Å². The van der Waals surface area contributed by atoms with Crippen LogP contribution in [-0.4, -0.2) is 46.0 Å². The molecule has 0 radical (unpaired) electrons. The number of carboxylic acids is 2. The van der Waals surface area contributed by atoms with Crippen LogP contribution in [0.1, 0.15) is 13.3 Å². The maximum atomic E-state index is 10.1. The van der Waals surface area contributed by atoms with Gasteiger partial charge in [-0.05, 0) is 18.4 Å². The Bertz CT molecular complexity index is 219. The van der Waals surface area contributed by atoms with E-state index in [-0.39, 0.29) is 0 Å². The summed E-state index contributed by atoms with van der Waals surface area (Å²) in [5.41, 5.74) is 5.19. The van der Waals surface area contributed by atoms with Gasteiger partial charge in [-0.25, -0.2) is 4.79 Å². The van der Waals surface area contributed by atoms with E-state index in [2.05, 4.69) is 0 Å². The highest BCUT2D eigenvalue weighted by atomic mass is 32.2. The zero-order valence-electron chi connectivity index (χ0n) is 8.60. The minimum atomic E-state index is -1.38. The fraction of sp³-hybridized carbons (Fsp3) is 0.625. The Morgan fingerprint density at radius 2 is 1.73 bits per heavy atom. The minimum Gasteiger partial charge on any atom is -0.480 e. The van der Waals surface area contributed by atoms with E-state index in [1.807, 2.05) is 6.26 Å². The predicted octanol–water partition coefficient (Wildman–Crippen LogP) is -0.189. The van der Waals surface area contributed by atoms with Crippen molar-refractivity contribution in [2.45, 2.75) is 19.4 Å². The smallest absolute Gasteiger partial charge is 0.371 e. The largest absolute Gasteiger partial charge is 0.480 e. The van der Waals surface area contributed by atoms with Crippen molar-refractivity contribution in [1.82, 2.24) is 0 Å². The molecule has 0 spiro atoms. The van der Waals surface area contributed by atoms with Crippen LogP contribution >= 0.6 is 11.8 Å². The van der Waals surface area contributed by atoms with Crippen LogP contribution < -0.4 is 5.73 Å². The molecule has 4 N–H and O–H groups in total. The van der Waals surface area contributed by atoms with Crippen LogP contribution in [0.4, 0.5) is 0 Å². The number of aliphatic carboxylic acids is 2. The number of nitrogens with two attached hydrogens (primary N) is 1. The predicted molar refractivity (Wildman–Crippen MR) is 56.9 cm³/mol. The highest BCUT2D eigenvalue weighted by Gasteiger charge is 2.08. The zero-order valence-corrected chi connectivity index (χ0v) is 9.41. The van der Waals surface area contributed by atoms with Crippen molar-refractivity contribution in [3.8, 4) is 0 Å². The molecule has 0 unspecified atom stereocenters. The molecule has 0 saturated carbocycles. The highest BCUT2D eigenvalue weighted by molar-refractivity contribution is 7.98. The third kappa shape index (κ3) is 12.9. The van der Waals surface area contributed by atoms with Crippen molar-refractivity contribution in [3.63, 3.8) is 0 Å². The van der Waals surface area contributed by atoms with E-state index < -0.39 is 23.8 Å². The molecule has 0 heterocycles. The Morgan fingerprint density at radius 3 is 1.93 bits per heavy atom. The monoisotopic (exact) mass is 237 g/mol. The first-order chi connectivity index (χ1) is 6.82. The molecule has 0 rings (SSSR count). The number of Topliss-reactive ketones (excluding diaryl/α,β-unsaturated/α-hetero) is 1. The quantitative estimate of drug-likeness (QED) is 0.567. The van der Waals surface area contributed by atoms with Crippen LogP contribution in [0.2, 0.25) is 0 Å². The molecule has 88 valence electrons. The van der Waals surface area contributed by atoms with Gasteiger partial charge >= 0.3 is 11.9 Å². The summed E-state index contributed by atoms with van der Waals surface area (Å²) < 4.78 is 0. The van der Waals surface area contributed by atoms with Crippen molar-refractivity contribution in [3.05, 3.63) is 0 Å². The molecule has 0 aromatic carbocycles. The Hall–Kier alpha value is -1.08. The lowest BCUT2D eigenvalue weighted by molar-refractivity contribution is -0.148. The first-order valence-corrected chi connectivity index (χ1v) is 5.43. The topological polar surface area (TPSA) is 118 Å². The second kappa shape index (κ2) is 9.47. The van der Waals surface area contributed by atoms with Gasteiger partial charge in [0.05, 0.1) is 0 Å². The molecule has 0 fully saturated rings. The van der Waals surface area contributed by atoms with Gasteiger partial charge in [-0.15, -0.1) is 0 Å². The molecular weight excluding hydrogens is 222 g/mol. The summed E-state index contributed by atoms with van der Waals surface area (Å²) in [4.78, 5) is 29.0. The van der Waals surface area contributed by atoms with Gasteiger partial charge in [0.15, 0.2) is 0 Å². The van der Waals surface area contributed by atoms with Crippen LogP contribution in [0.3, 0.4) is 0 Å². The highest BCUT2D eigenvalue weighted by Crippen LogP contribution is 1.97. The van der Waals surface area contributed by atoms with Crippen molar-refractivity contribution >= 4 is 29.5 Å². The zero-order chi connectivity index (χ0) is 12.4. The maximum Gasteiger partial charge on any atom is 0.371 e. The molecule has 6 nitrogen and oxygen atoms in total. The van der Waals surface area contributed by atoms with E-state index in [1.165, 1.54) is 0 Å². The SMILES string of the molecule is CC(=O)C(=O)O.CSCC[C@@H](N)C(=O)O. The lowest BCUT2D eigenvalue weighted by atomic mass is 10.2. The Labute approximate surface area is 91.8 Å². The second-order valence-corrected chi connectivity index (χ2v) is 3.57. The van der Waals surface area contributed by atoms with Gasteiger partial charge in [-0.3, -0.25) is 9.59 Å². The molecule has 7 heteroatoms. The van der Waals surface area contributed by atoms with Gasteiger partial charge in [-0.2, -0.15) is 11.8 Å². The average Bonchev–Trinajstić information content (AvgIpc) is 2.14. The van der Waals surface area contributed by atoms with Crippen LogP contribution in [0.15, 0.2) is 0 Å². The summed E-state index contributed by atoms with van der Waals surface area (Å²) in [6, 6.07) is -0.683. The summed E-state index contributed by atoms with van der Waals surface area (Å²) in [6.07, 6.45) is 2.48. The molecule has 0 aromatic rings. The number of ketones is 1. The van der Waals surface area contributed by atoms with Gasteiger partial charge in [0.25, 0.3) is 0 Å². The number of carbonyl (C=O) groups excluding carboxylic acids is 1. The molecule has 1 atom stereocenters. The van der Waals surface area contributed by atoms with Gasteiger partial charge in [0, 0.05) is 6.92 Å². The summed E-state index contributed by atoms with van der Waals surface area (Å²) in [7, 11) is 0. The normalized spacial score (nSPS) is 10.9. The lowest BCUT2D eigenvalue weighted by Crippen LogP contribution is -2.30. The van der Waals surface area contributed by atoms with Crippen LogP contribution in [0.5, 0.6) is 0 Å². The first kappa shape index (κ1) is 16.4. The van der Waals surface area contributed by atoms with E-state index in [1.54, 1.807) is 11.8 Å². The van der Waals surface area contributed by atoms with Crippen LogP contribution in [0.25, 0.3) is 0 Å². The van der Waals surface area contributed by atoms with Crippen molar-refractivity contribution in [2.75, 3.05) is 12.0 Å². The molecule has 0 aliphatic carbocycles. The molecule has 0 amide bonds. The summed E-state index contributed by atoms with van der Waals surface area (Å²) >= 11 is 1.60. The number of carbonyl (C=O) groups is 3. The fourth-order valence-corrected chi connectivity index (χ4v) is 0.858. The third-order valence-electron chi connectivity index (χ3n) is 1.25. The Balaban J connectivity index is 0. The van der Waals surface area contributed by atoms with Gasteiger partial charge < -0.3 is 15.9 Å². The van der Waals surface area contributed by atoms with Gasteiger partial charge in [0.1, 0.15) is 6.04 Å². The fourth-order valence-electron chi connectivity index (χ4n) is 0.368.